The number of carbonyl (C=O) groups is 2. The first-order valence-corrected chi connectivity index (χ1v) is 9.77. The van der Waals surface area contributed by atoms with Crippen LogP contribution in [-0.4, -0.2) is 24.9 Å². The molecule has 0 atom stereocenters. The third-order valence-electron chi connectivity index (χ3n) is 3.88. The Hall–Kier alpha value is -1.85. The average Bonchev–Trinajstić information content (AvgIpc) is 2.64. The number of benzene rings is 2. The zero-order valence-corrected chi connectivity index (χ0v) is 16.8. The summed E-state index contributed by atoms with van der Waals surface area (Å²) in [7, 11) is 0. The van der Waals surface area contributed by atoms with Gasteiger partial charge in [-0.05, 0) is 49.1 Å². The molecule has 138 valence electrons. The molecule has 0 aromatic heterocycles. The van der Waals surface area contributed by atoms with Gasteiger partial charge < -0.3 is 10.6 Å². The summed E-state index contributed by atoms with van der Waals surface area (Å²) in [4.78, 5) is 23.8. The van der Waals surface area contributed by atoms with Crippen LogP contribution >= 0.6 is 27.5 Å². The van der Waals surface area contributed by atoms with Gasteiger partial charge in [0.25, 0.3) is 5.91 Å². The van der Waals surface area contributed by atoms with Crippen LogP contribution in [0.5, 0.6) is 0 Å². The number of hydrogen-bond acceptors (Lipinski definition) is 2. The fraction of sp³-hybridized carbons (Fsp3) is 0.300. The lowest BCUT2D eigenvalue weighted by atomic mass is 10.1. The minimum absolute atomic E-state index is 0.00722. The van der Waals surface area contributed by atoms with Crippen LogP contribution in [0, 0.1) is 0 Å². The van der Waals surface area contributed by atoms with Crippen LogP contribution < -0.4 is 10.6 Å². The van der Waals surface area contributed by atoms with Crippen molar-refractivity contribution >= 4 is 39.3 Å². The Morgan fingerprint density at radius 2 is 1.62 bits per heavy atom. The molecule has 0 spiro atoms. The monoisotopic (exact) mass is 436 g/mol. The maximum Gasteiger partial charge on any atom is 0.252 e. The van der Waals surface area contributed by atoms with E-state index >= 15 is 0 Å². The minimum Gasteiger partial charge on any atom is -0.354 e. The van der Waals surface area contributed by atoms with Crippen LogP contribution in [0.3, 0.4) is 0 Å². The number of amides is 2. The van der Waals surface area contributed by atoms with Crippen LogP contribution in [0.1, 0.15) is 35.2 Å². The van der Waals surface area contributed by atoms with Crippen LogP contribution in [0.4, 0.5) is 0 Å². The highest BCUT2D eigenvalue weighted by Crippen LogP contribution is 2.14. The number of nitrogens with one attached hydrogen (secondary N) is 2. The average molecular weight is 438 g/mol. The highest BCUT2D eigenvalue weighted by molar-refractivity contribution is 9.10. The topological polar surface area (TPSA) is 58.2 Å². The van der Waals surface area contributed by atoms with Crippen LogP contribution in [0.15, 0.2) is 53.0 Å². The summed E-state index contributed by atoms with van der Waals surface area (Å²) in [5.74, 6) is -0.229. The molecular weight excluding hydrogens is 416 g/mol. The summed E-state index contributed by atoms with van der Waals surface area (Å²) >= 11 is 9.39. The summed E-state index contributed by atoms with van der Waals surface area (Å²) in [6, 6.07) is 15.1. The first kappa shape index (κ1) is 20.5. The van der Waals surface area contributed by atoms with Crippen molar-refractivity contribution in [1.29, 1.82) is 0 Å². The Bertz CT molecular complexity index is 735. The van der Waals surface area contributed by atoms with Gasteiger partial charge in [0.2, 0.25) is 5.91 Å². The first-order chi connectivity index (χ1) is 12.6. The lowest BCUT2D eigenvalue weighted by molar-refractivity contribution is -0.121. The van der Waals surface area contributed by atoms with Gasteiger partial charge in [-0.25, -0.2) is 0 Å². The molecule has 0 saturated carbocycles. The van der Waals surface area contributed by atoms with E-state index in [1.165, 1.54) is 5.56 Å². The smallest absolute Gasteiger partial charge is 0.252 e. The first-order valence-electron chi connectivity index (χ1n) is 8.60. The Kier molecular flexibility index (Phi) is 8.65. The number of aryl methyl sites for hydroxylation is 1. The molecule has 0 radical (unpaired) electrons. The van der Waals surface area contributed by atoms with Crippen molar-refractivity contribution in [2.45, 2.75) is 25.7 Å². The minimum atomic E-state index is -0.237. The van der Waals surface area contributed by atoms with E-state index in [-0.39, 0.29) is 11.8 Å². The molecule has 0 heterocycles. The molecule has 4 nitrogen and oxygen atoms in total. The number of rotatable bonds is 9. The van der Waals surface area contributed by atoms with E-state index in [0.717, 1.165) is 23.7 Å². The number of carbonyl (C=O) groups excluding carboxylic acids is 2. The highest BCUT2D eigenvalue weighted by atomic mass is 79.9. The van der Waals surface area contributed by atoms with Crippen molar-refractivity contribution in [2.75, 3.05) is 13.1 Å². The molecule has 2 rings (SSSR count). The third-order valence-corrected chi connectivity index (χ3v) is 4.74. The molecule has 0 aliphatic rings. The molecule has 2 aromatic carbocycles. The van der Waals surface area contributed by atoms with Gasteiger partial charge in [0.1, 0.15) is 0 Å². The SMILES string of the molecule is O=C(CCCCc1ccc(Br)cc1)NCCNC(=O)c1ccccc1Cl. The largest absolute Gasteiger partial charge is 0.354 e. The maximum absolute atomic E-state index is 12.0. The van der Waals surface area contributed by atoms with E-state index in [9.17, 15) is 9.59 Å². The van der Waals surface area contributed by atoms with E-state index in [2.05, 4.69) is 38.7 Å². The lowest BCUT2D eigenvalue weighted by Crippen LogP contribution is -2.34. The second kappa shape index (κ2) is 11.0. The van der Waals surface area contributed by atoms with Crippen molar-refractivity contribution < 1.29 is 9.59 Å². The van der Waals surface area contributed by atoms with Crippen molar-refractivity contribution in [3.8, 4) is 0 Å². The van der Waals surface area contributed by atoms with E-state index in [4.69, 9.17) is 11.6 Å². The molecule has 2 aromatic rings. The number of hydrogen-bond donors (Lipinski definition) is 2. The maximum atomic E-state index is 12.0. The zero-order valence-electron chi connectivity index (χ0n) is 14.4. The van der Waals surface area contributed by atoms with E-state index in [0.29, 0.717) is 30.1 Å². The third kappa shape index (κ3) is 7.18. The van der Waals surface area contributed by atoms with Crippen LogP contribution in [0.25, 0.3) is 0 Å². The quantitative estimate of drug-likeness (QED) is 0.573. The van der Waals surface area contributed by atoms with Crippen LogP contribution in [0.2, 0.25) is 5.02 Å². The zero-order chi connectivity index (χ0) is 18.8. The van der Waals surface area contributed by atoms with E-state index in [1.807, 2.05) is 12.1 Å². The molecule has 26 heavy (non-hydrogen) atoms. The molecular formula is C20H22BrClN2O2. The fourth-order valence-corrected chi connectivity index (χ4v) is 2.96. The van der Waals surface area contributed by atoms with E-state index in [1.54, 1.807) is 24.3 Å². The molecule has 6 heteroatoms. The summed E-state index contributed by atoms with van der Waals surface area (Å²) in [6.07, 6.45) is 3.27. The fourth-order valence-electron chi connectivity index (χ4n) is 2.47. The van der Waals surface area contributed by atoms with E-state index < -0.39 is 0 Å². The van der Waals surface area contributed by atoms with Crippen molar-refractivity contribution in [3.05, 3.63) is 69.2 Å². The second-order valence-corrected chi connectivity index (χ2v) is 7.24. The summed E-state index contributed by atoms with van der Waals surface area (Å²) in [5.41, 5.74) is 1.71. The predicted molar refractivity (Wildman–Crippen MR) is 108 cm³/mol. The Morgan fingerprint density at radius 3 is 2.35 bits per heavy atom. The second-order valence-electron chi connectivity index (χ2n) is 5.92. The molecule has 0 aliphatic heterocycles. The molecule has 0 saturated heterocycles. The molecule has 0 fully saturated rings. The Labute approximate surface area is 167 Å². The van der Waals surface area contributed by atoms with Gasteiger partial charge >= 0.3 is 0 Å². The van der Waals surface area contributed by atoms with Crippen molar-refractivity contribution in [1.82, 2.24) is 10.6 Å². The van der Waals surface area contributed by atoms with Crippen molar-refractivity contribution in [2.24, 2.45) is 0 Å². The van der Waals surface area contributed by atoms with Crippen LogP contribution in [-0.2, 0) is 11.2 Å². The van der Waals surface area contributed by atoms with Gasteiger partial charge in [-0.3, -0.25) is 9.59 Å². The van der Waals surface area contributed by atoms with Crippen molar-refractivity contribution in [3.63, 3.8) is 0 Å². The normalized spacial score (nSPS) is 10.4. The van der Waals surface area contributed by atoms with Gasteiger partial charge in [0, 0.05) is 24.0 Å². The Balaban J connectivity index is 1.55. The number of unbranched alkanes of at least 4 members (excludes halogenated alkanes) is 1. The molecule has 2 amide bonds. The van der Waals surface area contributed by atoms with Gasteiger partial charge in [-0.1, -0.05) is 51.8 Å². The number of halogens is 2. The predicted octanol–water partition coefficient (Wildman–Crippen LogP) is 4.36. The van der Waals surface area contributed by atoms with Gasteiger partial charge in [0.05, 0.1) is 10.6 Å². The van der Waals surface area contributed by atoms with Gasteiger partial charge in [-0.15, -0.1) is 0 Å². The summed E-state index contributed by atoms with van der Waals surface area (Å²) in [5, 5.41) is 5.98. The lowest BCUT2D eigenvalue weighted by Gasteiger charge is -2.08. The highest BCUT2D eigenvalue weighted by Gasteiger charge is 2.08. The molecule has 2 N–H and O–H groups in total. The molecule has 0 bridgehead atoms. The standard InChI is InChI=1S/C20H22BrClN2O2/c21-16-11-9-15(10-12-16)5-1-4-8-19(25)23-13-14-24-20(26)17-6-2-3-7-18(17)22/h2-3,6-7,9-12H,1,4-5,8,13-14H2,(H,23,25)(H,24,26). The molecule has 0 unspecified atom stereocenters. The summed E-state index contributed by atoms with van der Waals surface area (Å²) < 4.78 is 1.07. The van der Waals surface area contributed by atoms with Gasteiger partial charge in [0.15, 0.2) is 0 Å². The van der Waals surface area contributed by atoms with Gasteiger partial charge in [-0.2, -0.15) is 0 Å². The summed E-state index contributed by atoms with van der Waals surface area (Å²) in [6.45, 7) is 0.774. The Morgan fingerprint density at radius 1 is 0.923 bits per heavy atom. The molecule has 0 aliphatic carbocycles.